The Hall–Kier alpha value is -1.26. The molecule has 1 amide bonds. The van der Waals surface area contributed by atoms with Crippen LogP contribution in [0.25, 0.3) is 0 Å². The van der Waals surface area contributed by atoms with E-state index >= 15 is 0 Å². The molecule has 2 heterocycles. The number of nitrogens with zero attached hydrogens (tertiary/aromatic N) is 2. The molecule has 22 heavy (non-hydrogen) atoms. The molecule has 2 aliphatic heterocycles. The van der Waals surface area contributed by atoms with Crippen LogP contribution >= 0.6 is 12.4 Å². The molecule has 1 N–H and O–H groups in total. The topological polar surface area (TPSA) is 35.6 Å². The average Bonchev–Trinajstić information content (AvgIpc) is 2.66. The Balaban J connectivity index is 0.00000176. The summed E-state index contributed by atoms with van der Waals surface area (Å²) >= 11 is 0. The lowest BCUT2D eigenvalue weighted by Gasteiger charge is -2.31. The summed E-state index contributed by atoms with van der Waals surface area (Å²) in [6.07, 6.45) is 1.93. The van der Waals surface area contributed by atoms with E-state index in [9.17, 15) is 4.79 Å². The van der Waals surface area contributed by atoms with E-state index in [1.807, 2.05) is 0 Å². The number of rotatable bonds is 1. The number of nitrogens with one attached hydrogen (secondary N) is 1. The summed E-state index contributed by atoms with van der Waals surface area (Å²) in [5, 5.41) is 3.43. The molecule has 0 spiro atoms. The molecular formula is C17H26ClN3O. The molecule has 0 unspecified atom stereocenters. The summed E-state index contributed by atoms with van der Waals surface area (Å²) in [6.45, 7) is 5.61. The van der Waals surface area contributed by atoms with E-state index in [4.69, 9.17) is 0 Å². The fourth-order valence-corrected chi connectivity index (χ4v) is 3.50. The van der Waals surface area contributed by atoms with Crippen molar-refractivity contribution in [3.63, 3.8) is 0 Å². The first kappa shape index (κ1) is 17.1. The van der Waals surface area contributed by atoms with Crippen molar-refractivity contribution >= 4 is 24.0 Å². The highest BCUT2D eigenvalue weighted by Crippen LogP contribution is 2.26. The van der Waals surface area contributed by atoms with Crippen molar-refractivity contribution in [1.29, 1.82) is 0 Å². The van der Waals surface area contributed by atoms with E-state index in [2.05, 4.69) is 53.4 Å². The number of hydrogen-bond acceptors (Lipinski definition) is 3. The zero-order valence-corrected chi connectivity index (χ0v) is 14.2. The van der Waals surface area contributed by atoms with Crippen molar-refractivity contribution < 1.29 is 4.79 Å². The minimum Gasteiger partial charge on any atom is -0.373 e. The Bertz CT molecular complexity index is 522. The van der Waals surface area contributed by atoms with Gasteiger partial charge < -0.3 is 15.1 Å². The molecule has 2 aliphatic rings. The maximum Gasteiger partial charge on any atom is 0.226 e. The minimum atomic E-state index is 0. The first-order valence-electron chi connectivity index (χ1n) is 7.96. The second-order valence-electron chi connectivity index (χ2n) is 6.39. The Morgan fingerprint density at radius 2 is 2.05 bits per heavy atom. The maximum atomic E-state index is 12.8. The molecule has 1 aromatic carbocycles. The molecule has 1 fully saturated rings. The van der Waals surface area contributed by atoms with Crippen LogP contribution < -0.4 is 10.2 Å². The second-order valence-corrected chi connectivity index (χ2v) is 6.39. The van der Waals surface area contributed by atoms with Gasteiger partial charge in [-0.25, -0.2) is 0 Å². The van der Waals surface area contributed by atoms with Crippen molar-refractivity contribution in [3.05, 3.63) is 29.8 Å². The van der Waals surface area contributed by atoms with Crippen LogP contribution in [0.2, 0.25) is 0 Å². The summed E-state index contributed by atoms with van der Waals surface area (Å²) in [5.41, 5.74) is 2.51. The third kappa shape index (κ3) is 3.55. The van der Waals surface area contributed by atoms with Crippen molar-refractivity contribution in [2.24, 2.45) is 5.92 Å². The molecular weight excluding hydrogens is 298 g/mol. The van der Waals surface area contributed by atoms with E-state index in [0.717, 1.165) is 39.0 Å². The molecule has 1 aromatic rings. The van der Waals surface area contributed by atoms with Crippen molar-refractivity contribution in [1.82, 2.24) is 10.2 Å². The number of hydrogen-bond donors (Lipinski definition) is 1. The Labute approximate surface area is 139 Å². The van der Waals surface area contributed by atoms with Crippen LogP contribution in [-0.2, 0) is 11.3 Å². The molecule has 0 aromatic heterocycles. The smallest absolute Gasteiger partial charge is 0.226 e. The third-order valence-electron chi connectivity index (χ3n) is 4.75. The summed E-state index contributed by atoms with van der Waals surface area (Å²) < 4.78 is 0. The molecule has 4 nitrogen and oxygen atoms in total. The predicted octanol–water partition coefficient (Wildman–Crippen LogP) is 2.27. The summed E-state index contributed by atoms with van der Waals surface area (Å²) in [4.78, 5) is 17.2. The van der Waals surface area contributed by atoms with Gasteiger partial charge in [-0.2, -0.15) is 0 Å². The van der Waals surface area contributed by atoms with Gasteiger partial charge in [-0.15, -0.1) is 12.4 Å². The summed E-state index contributed by atoms with van der Waals surface area (Å²) in [6, 6.07) is 8.88. The fourth-order valence-electron chi connectivity index (χ4n) is 3.50. The zero-order valence-electron chi connectivity index (χ0n) is 13.4. The number of fused-ring (bicyclic) bond motifs is 1. The molecule has 0 saturated carbocycles. The number of piperidine rings is 1. The van der Waals surface area contributed by atoms with E-state index in [1.54, 1.807) is 0 Å². The predicted molar refractivity (Wildman–Crippen MR) is 92.6 cm³/mol. The van der Waals surface area contributed by atoms with E-state index < -0.39 is 0 Å². The van der Waals surface area contributed by atoms with Crippen LogP contribution in [0.4, 0.5) is 5.69 Å². The number of carbonyl (C=O) groups excluding carboxylic acids is 1. The number of halogens is 1. The van der Waals surface area contributed by atoms with Crippen molar-refractivity contribution in [2.75, 3.05) is 31.6 Å². The largest absolute Gasteiger partial charge is 0.373 e. The van der Waals surface area contributed by atoms with Crippen molar-refractivity contribution in [3.8, 4) is 0 Å². The standard InChI is InChI=1S/C17H25N3O.ClH/c1-13-11-14(7-8-18-13)17(21)20-10-9-19(2)16-6-4-3-5-15(16)12-20;/h3-6,13-14,18H,7-12H2,1-2H3;1H/t13-,14-;/m0./s1. The number of anilines is 1. The van der Waals surface area contributed by atoms with Gasteiger partial charge in [0.2, 0.25) is 5.91 Å². The highest BCUT2D eigenvalue weighted by Gasteiger charge is 2.30. The summed E-state index contributed by atoms with van der Waals surface area (Å²) in [7, 11) is 2.11. The van der Waals surface area contributed by atoms with E-state index in [0.29, 0.717) is 11.9 Å². The molecule has 0 bridgehead atoms. The van der Waals surface area contributed by atoms with Gasteiger partial charge in [0.15, 0.2) is 0 Å². The van der Waals surface area contributed by atoms with Gasteiger partial charge >= 0.3 is 0 Å². The molecule has 5 heteroatoms. The van der Waals surface area contributed by atoms with Crippen LogP contribution in [0.5, 0.6) is 0 Å². The van der Waals surface area contributed by atoms with Gasteiger partial charge in [-0.3, -0.25) is 4.79 Å². The van der Waals surface area contributed by atoms with Crippen LogP contribution in [0.15, 0.2) is 24.3 Å². The SMILES string of the molecule is C[C@H]1C[C@@H](C(=O)N2CCN(C)c3ccccc3C2)CCN1.Cl. The highest BCUT2D eigenvalue weighted by molar-refractivity contribution is 5.85. The number of carbonyl (C=O) groups is 1. The first-order valence-corrected chi connectivity index (χ1v) is 7.96. The van der Waals surface area contributed by atoms with E-state index in [-0.39, 0.29) is 18.3 Å². The Morgan fingerprint density at radius 1 is 1.27 bits per heavy atom. The van der Waals surface area contributed by atoms with Gasteiger partial charge in [-0.1, -0.05) is 18.2 Å². The van der Waals surface area contributed by atoms with Crippen LogP contribution in [0.1, 0.15) is 25.3 Å². The molecule has 0 aliphatic carbocycles. The highest BCUT2D eigenvalue weighted by atomic mass is 35.5. The van der Waals surface area contributed by atoms with Crippen LogP contribution in [0, 0.1) is 5.92 Å². The first-order chi connectivity index (χ1) is 10.1. The lowest BCUT2D eigenvalue weighted by Crippen LogP contribution is -2.44. The molecule has 2 atom stereocenters. The summed E-state index contributed by atoms with van der Waals surface area (Å²) in [5.74, 6) is 0.533. The average molecular weight is 324 g/mol. The van der Waals surface area contributed by atoms with Gasteiger partial charge in [0.1, 0.15) is 0 Å². The Morgan fingerprint density at radius 3 is 2.82 bits per heavy atom. The van der Waals surface area contributed by atoms with Gasteiger partial charge in [0.05, 0.1) is 0 Å². The van der Waals surface area contributed by atoms with Gasteiger partial charge in [0, 0.05) is 44.3 Å². The maximum absolute atomic E-state index is 12.8. The lowest BCUT2D eigenvalue weighted by atomic mass is 9.92. The number of para-hydroxylation sites is 1. The normalized spacial score (nSPS) is 25.0. The zero-order chi connectivity index (χ0) is 14.8. The number of likely N-dealkylation sites (N-methyl/N-ethyl adjacent to an activating group) is 1. The number of benzene rings is 1. The van der Waals surface area contributed by atoms with Crippen LogP contribution in [-0.4, -0.2) is 43.5 Å². The third-order valence-corrected chi connectivity index (χ3v) is 4.75. The van der Waals surface area contributed by atoms with E-state index in [1.165, 1.54) is 11.3 Å². The minimum absolute atomic E-state index is 0. The quantitative estimate of drug-likeness (QED) is 0.861. The van der Waals surface area contributed by atoms with Gasteiger partial charge in [0.25, 0.3) is 0 Å². The fraction of sp³-hybridized carbons (Fsp3) is 0.588. The van der Waals surface area contributed by atoms with Gasteiger partial charge in [-0.05, 0) is 37.9 Å². The second kappa shape index (κ2) is 7.34. The molecule has 122 valence electrons. The number of amides is 1. The monoisotopic (exact) mass is 323 g/mol. The Kier molecular flexibility index (Phi) is 5.70. The van der Waals surface area contributed by atoms with Crippen molar-refractivity contribution in [2.45, 2.75) is 32.4 Å². The van der Waals surface area contributed by atoms with Crippen LogP contribution in [0.3, 0.4) is 0 Å². The molecule has 3 rings (SSSR count). The molecule has 1 saturated heterocycles. The molecule has 0 radical (unpaired) electrons. The lowest BCUT2D eigenvalue weighted by molar-refractivity contribution is -0.137.